The molecular formula is C31H32F2N6O. The van der Waals surface area contributed by atoms with E-state index in [0.29, 0.717) is 31.1 Å². The maximum atomic E-state index is 13.1. The molecule has 1 atom stereocenters. The van der Waals surface area contributed by atoms with E-state index in [9.17, 15) is 8.78 Å². The predicted molar refractivity (Wildman–Crippen MR) is 150 cm³/mol. The van der Waals surface area contributed by atoms with Gasteiger partial charge in [0.2, 0.25) is 11.8 Å². The molecule has 206 valence electrons. The summed E-state index contributed by atoms with van der Waals surface area (Å²) in [7, 11) is 0. The second-order valence-corrected chi connectivity index (χ2v) is 10.2. The van der Waals surface area contributed by atoms with Crippen LogP contribution in [0.15, 0.2) is 85.3 Å². The van der Waals surface area contributed by atoms with Crippen molar-refractivity contribution in [2.75, 3.05) is 25.0 Å². The Morgan fingerprint density at radius 1 is 1.05 bits per heavy atom. The number of anilines is 1. The van der Waals surface area contributed by atoms with Crippen LogP contribution < -0.4 is 15.4 Å². The van der Waals surface area contributed by atoms with E-state index in [1.807, 2.05) is 72.9 Å². The van der Waals surface area contributed by atoms with Crippen molar-refractivity contribution in [3.8, 4) is 23.1 Å². The van der Waals surface area contributed by atoms with E-state index in [2.05, 4.69) is 26.8 Å². The first kappa shape index (κ1) is 27.3. The highest BCUT2D eigenvalue weighted by Crippen LogP contribution is 2.43. The van der Waals surface area contributed by atoms with Gasteiger partial charge in [-0.2, -0.15) is 10.4 Å². The first-order chi connectivity index (χ1) is 19.5. The summed E-state index contributed by atoms with van der Waals surface area (Å²) in [5.74, 6) is -1.96. The molecule has 2 N–H and O–H groups in total. The summed E-state index contributed by atoms with van der Waals surface area (Å²) in [6.07, 6.45) is 6.09. The molecule has 0 bridgehead atoms. The molecule has 0 spiro atoms. The molecule has 9 heteroatoms. The summed E-state index contributed by atoms with van der Waals surface area (Å²) >= 11 is 0. The molecule has 0 amide bonds. The summed E-state index contributed by atoms with van der Waals surface area (Å²) in [5.41, 5.74) is 4.48. The van der Waals surface area contributed by atoms with Crippen LogP contribution in [-0.4, -0.2) is 46.4 Å². The fourth-order valence-electron chi connectivity index (χ4n) is 4.79. The number of nitrogens with one attached hydrogen (secondary N) is 2. The van der Waals surface area contributed by atoms with Gasteiger partial charge in [0.15, 0.2) is 0 Å². The van der Waals surface area contributed by atoms with Crippen LogP contribution in [0.5, 0.6) is 5.88 Å². The van der Waals surface area contributed by atoms with Crippen molar-refractivity contribution in [2.45, 2.75) is 37.8 Å². The number of nitriles is 1. The second-order valence-electron chi connectivity index (χ2n) is 10.2. The van der Waals surface area contributed by atoms with Gasteiger partial charge in [0.05, 0.1) is 30.1 Å². The molecule has 0 radical (unpaired) electrons. The molecule has 3 heterocycles. The average Bonchev–Trinajstić information content (AvgIpc) is 3.44. The van der Waals surface area contributed by atoms with Crippen molar-refractivity contribution in [2.24, 2.45) is 5.92 Å². The van der Waals surface area contributed by atoms with Crippen molar-refractivity contribution >= 4 is 5.69 Å². The number of nitrogens with zero attached hydrogens (tertiary/aromatic N) is 4. The molecule has 7 nitrogen and oxygen atoms in total. The number of rotatable bonds is 8. The number of benzene rings is 2. The molecule has 0 saturated heterocycles. The minimum Gasteiger partial charge on any atom is -0.470 e. The minimum absolute atomic E-state index is 0.0193. The van der Waals surface area contributed by atoms with Gasteiger partial charge < -0.3 is 15.4 Å². The zero-order valence-electron chi connectivity index (χ0n) is 22.1. The Balaban J connectivity index is 0.000000477. The monoisotopic (exact) mass is 542 g/mol. The highest BCUT2D eigenvalue weighted by Gasteiger charge is 2.45. The van der Waals surface area contributed by atoms with Crippen molar-refractivity contribution in [1.29, 1.82) is 5.26 Å². The van der Waals surface area contributed by atoms with Gasteiger partial charge >= 0.3 is 0 Å². The van der Waals surface area contributed by atoms with Gasteiger partial charge in [-0.05, 0) is 42.6 Å². The third-order valence-corrected chi connectivity index (χ3v) is 6.95. The van der Waals surface area contributed by atoms with E-state index >= 15 is 0 Å². The molecule has 2 aliphatic rings. The van der Waals surface area contributed by atoms with E-state index in [4.69, 9.17) is 10.00 Å². The van der Waals surface area contributed by atoms with Crippen molar-refractivity contribution in [1.82, 2.24) is 20.1 Å². The Labute approximate surface area is 232 Å². The molecule has 4 aromatic rings. The van der Waals surface area contributed by atoms with Gasteiger partial charge in [-0.25, -0.2) is 13.8 Å². The first-order valence-electron chi connectivity index (χ1n) is 13.5. The third-order valence-electron chi connectivity index (χ3n) is 6.95. The number of hydrogen-bond donors (Lipinski definition) is 2. The molecule has 2 aromatic carbocycles. The van der Waals surface area contributed by atoms with E-state index in [0.717, 1.165) is 29.8 Å². The Bertz CT molecular complexity index is 1380. The molecule has 1 saturated carbocycles. The molecular weight excluding hydrogens is 510 g/mol. The third kappa shape index (κ3) is 7.42. The van der Waals surface area contributed by atoms with Crippen LogP contribution >= 0.6 is 0 Å². The lowest BCUT2D eigenvalue weighted by atomic mass is 9.81. The van der Waals surface area contributed by atoms with Gasteiger partial charge in [0, 0.05) is 49.5 Å². The van der Waals surface area contributed by atoms with Crippen LogP contribution in [0.2, 0.25) is 0 Å². The zero-order chi connectivity index (χ0) is 27.8. The van der Waals surface area contributed by atoms with E-state index < -0.39 is 5.92 Å². The molecule has 1 fully saturated rings. The van der Waals surface area contributed by atoms with Crippen LogP contribution in [0.4, 0.5) is 14.5 Å². The fourth-order valence-corrected chi connectivity index (χ4v) is 4.79. The Kier molecular flexibility index (Phi) is 8.67. The van der Waals surface area contributed by atoms with Crippen LogP contribution in [0.1, 0.15) is 24.0 Å². The van der Waals surface area contributed by atoms with Gasteiger partial charge in [-0.3, -0.25) is 4.68 Å². The molecule has 6 rings (SSSR count). The number of fused-ring (bicyclic) bond motifs is 1. The molecule has 1 aliphatic carbocycles. The average molecular weight is 543 g/mol. The molecule has 1 aliphatic heterocycles. The largest absolute Gasteiger partial charge is 0.470 e. The highest BCUT2D eigenvalue weighted by molar-refractivity contribution is 5.69. The summed E-state index contributed by atoms with van der Waals surface area (Å²) in [6.45, 7) is 2.68. The lowest BCUT2D eigenvalue weighted by molar-refractivity contribution is -0.114. The van der Waals surface area contributed by atoms with Gasteiger partial charge in [-0.1, -0.05) is 48.5 Å². The van der Waals surface area contributed by atoms with E-state index in [1.54, 1.807) is 17.1 Å². The first-order valence-corrected chi connectivity index (χ1v) is 13.5. The quantitative estimate of drug-likeness (QED) is 0.284. The van der Waals surface area contributed by atoms with Crippen molar-refractivity contribution in [3.63, 3.8) is 0 Å². The fraction of sp³-hybridized carbons (Fsp3) is 0.323. The van der Waals surface area contributed by atoms with Gasteiger partial charge in [-0.15, -0.1) is 0 Å². The Morgan fingerprint density at radius 3 is 2.45 bits per heavy atom. The summed E-state index contributed by atoms with van der Waals surface area (Å²) in [5, 5.41) is 20.0. The number of alkyl halides is 2. The van der Waals surface area contributed by atoms with E-state index in [1.165, 1.54) is 5.56 Å². The Hall–Kier alpha value is -4.29. The standard InChI is InChI=1S/C25H26F2N6O.C6H6/c26-25(27)8-19(9-25)15-33-16-21(12-32-33)20-7-23-24(31-11-20)34-22(14-30-23)13-29-6-5-17-1-3-18(10-28)4-2-17;1-2-4-6-5-3-1/h1-4,7,11-12,16,19,22,29-30H,5-6,8-9,13-15H2;1-6H. The number of pyridine rings is 1. The second kappa shape index (κ2) is 12.7. The summed E-state index contributed by atoms with van der Waals surface area (Å²) in [6, 6.07) is 23.7. The topological polar surface area (TPSA) is 87.8 Å². The number of ether oxygens (including phenoxy) is 1. The minimum atomic E-state index is -2.51. The summed E-state index contributed by atoms with van der Waals surface area (Å²) in [4.78, 5) is 4.48. The van der Waals surface area contributed by atoms with Gasteiger partial charge in [0.1, 0.15) is 6.10 Å². The van der Waals surface area contributed by atoms with Crippen molar-refractivity contribution in [3.05, 3.63) is 96.4 Å². The zero-order valence-corrected chi connectivity index (χ0v) is 22.1. The van der Waals surface area contributed by atoms with E-state index in [-0.39, 0.29) is 24.9 Å². The molecule has 1 unspecified atom stereocenters. The number of aromatic nitrogens is 3. The number of hydrogen-bond acceptors (Lipinski definition) is 6. The van der Waals surface area contributed by atoms with Crippen molar-refractivity contribution < 1.29 is 13.5 Å². The summed E-state index contributed by atoms with van der Waals surface area (Å²) < 4.78 is 33.9. The smallest absolute Gasteiger partial charge is 0.248 e. The lowest BCUT2D eigenvalue weighted by Gasteiger charge is -2.34. The van der Waals surface area contributed by atoms with Crippen LogP contribution in [0, 0.1) is 17.2 Å². The molecule has 40 heavy (non-hydrogen) atoms. The van der Waals surface area contributed by atoms with Crippen LogP contribution in [0.3, 0.4) is 0 Å². The lowest BCUT2D eigenvalue weighted by Crippen LogP contribution is -2.40. The Morgan fingerprint density at radius 2 is 1.77 bits per heavy atom. The predicted octanol–water partition coefficient (Wildman–Crippen LogP) is 5.55. The van der Waals surface area contributed by atoms with Gasteiger partial charge in [0.25, 0.3) is 0 Å². The maximum Gasteiger partial charge on any atom is 0.248 e. The SMILES string of the molecule is N#Cc1ccc(CCNCC2CNc3cc(-c4cnn(CC5CC(F)(F)C5)c4)cnc3O2)cc1.c1ccccc1. The maximum absolute atomic E-state index is 13.1. The van der Waals surface area contributed by atoms with Crippen LogP contribution in [0.25, 0.3) is 11.1 Å². The highest BCUT2D eigenvalue weighted by atomic mass is 19.3. The van der Waals surface area contributed by atoms with Crippen LogP contribution in [-0.2, 0) is 13.0 Å². The number of halogens is 2. The normalized spacial score (nSPS) is 17.2. The molecule has 2 aromatic heterocycles.